The van der Waals surface area contributed by atoms with Crippen LogP contribution < -0.4 is 14.2 Å². The van der Waals surface area contributed by atoms with Crippen LogP contribution in [0.15, 0.2) is 72.8 Å². The van der Waals surface area contributed by atoms with E-state index in [0.29, 0.717) is 27.8 Å². The summed E-state index contributed by atoms with van der Waals surface area (Å²) < 4.78 is 15.9. The van der Waals surface area contributed by atoms with Gasteiger partial charge in [-0.1, -0.05) is 48.0 Å². The second-order valence-corrected chi connectivity index (χ2v) is 6.60. The van der Waals surface area contributed by atoms with Crippen molar-refractivity contribution >= 4 is 29.2 Å². The molecule has 0 aromatic heterocycles. The molecule has 3 aromatic carbocycles. The maximum Gasteiger partial charge on any atom is 0.349 e. The summed E-state index contributed by atoms with van der Waals surface area (Å²) in [6, 6.07) is 23.1. The highest BCUT2D eigenvalue weighted by Gasteiger charge is 2.09. The molecule has 0 aliphatic rings. The second kappa shape index (κ2) is 10.1. The highest BCUT2D eigenvalue weighted by Crippen LogP contribution is 2.26. The Bertz CT molecular complexity index is 1080. The molecule has 0 unspecified atom stereocenters. The number of allylic oxidation sites excluding steroid dienone is 1. The lowest BCUT2D eigenvalue weighted by molar-refractivity contribution is -0.136. The standard InChI is InChI=1S/C24H18ClNO4/c1-28-22-4-2-3-5-23(22)29-16-24(27)30-21-12-6-17(7-13-21)14-19(15-26)18-8-10-20(25)11-9-18/h2-14H,16H2,1H3/b19-14-. The Labute approximate surface area is 179 Å². The normalized spacial score (nSPS) is 10.8. The number of nitrogens with zero attached hydrogens (tertiary/aromatic N) is 1. The van der Waals surface area contributed by atoms with Crippen molar-refractivity contribution in [2.45, 2.75) is 0 Å². The van der Waals surface area contributed by atoms with Gasteiger partial charge in [0.25, 0.3) is 0 Å². The third kappa shape index (κ3) is 5.63. The van der Waals surface area contributed by atoms with Gasteiger partial charge in [-0.25, -0.2) is 4.79 Å². The van der Waals surface area contributed by atoms with Crippen LogP contribution in [0.3, 0.4) is 0 Å². The molecule has 0 amide bonds. The van der Waals surface area contributed by atoms with Crippen molar-refractivity contribution < 1.29 is 19.0 Å². The van der Waals surface area contributed by atoms with Crippen molar-refractivity contribution in [1.29, 1.82) is 5.26 Å². The minimum absolute atomic E-state index is 0.253. The van der Waals surface area contributed by atoms with Gasteiger partial charge in [-0.05, 0) is 53.6 Å². The van der Waals surface area contributed by atoms with Crippen LogP contribution in [0, 0.1) is 11.3 Å². The van der Waals surface area contributed by atoms with Crippen molar-refractivity contribution in [3.8, 4) is 23.3 Å². The third-order valence-corrected chi connectivity index (χ3v) is 4.37. The van der Waals surface area contributed by atoms with Crippen molar-refractivity contribution in [3.05, 3.63) is 88.9 Å². The number of hydrogen-bond donors (Lipinski definition) is 0. The molecule has 0 fully saturated rings. The smallest absolute Gasteiger partial charge is 0.349 e. The lowest BCUT2D eigenvalue weighted by atomic mass is 10.0. The van der Waals surface area contributed by atoms with Crippen LogP contribution in [0.4, 0.5) is 0 Å². The molecule has 0 spiro atoms. The first-order chi connectivity index (χ1) is 14.6. The Hall–Kier alpha value is -3.75. The van der Waals surface area contributed by atoms with Crippen LogP contribution in [-0.4, -0.2) is 19.7 Å². The number of carbonyl (C=O) groups is 1. The zero-order valence-corrected chi connectivity index (χ0v) is 16.9. The van der Waals surface area contributed by atoms with Gasteiger partial charge in [0.05, 0.1) is 18.8 Å². The van der Waals surface area contributed by atoms with Crippen LogP contribution in [0.2, 0.25) is 5.02 Å². The number of benzene rings is 3. The Morgan fingerprint density at radius 3 is 2.30 bits per heavy atom. The predicted octanol–water partition coefficient (Wildman–Crippen LogP) is 5.40. The number of ether oxygens (including phenoxy) is 3. The van der Waals surface area contributed by atoms with Crippen molar-refractivity contribution in [2.75, 3.05) is 13.7 Å². The molecule has 0 saturated heterocycles. The first-order valence-electron chi connectivity index (χ1n) is 9.03. The van der Waals surface area contributed by atoms with Crippen LogP contribution in [0.25, 0.3) is 11.6 Å². The summed E-state index contributed by atoms with van der Waals surface area (Å²) in [6.07, 6.45) is 1.75. The molecule has 150 valence electrons. The predicted molar refractivity (Wildman–Crippen MR) is 116 cm³/mol. The van der Waals surface area contributed by atoms with E-state index in [-0.39, 0.29) is 6.61 Å². The van der Waals surface area contributed by atoms with Gasteiger partial charge in [-0.3, -0.25) is 0 Å². The summed E-state index contributed by atoms with van der Waals surface area (Å²) in [6.45, 7) is -0.253. The number of hydrogen-bond acceptors (Lipinski definition) is 5. The second-order valence-electron chi connectivity index (χ2n) is 6.16. The Balaban J connectivity index is 1.62. The number of halogens is 1. The number of methoxy groups -OCH3 is 1. The first-order valence-corrected chi connectivity index (χ1v) is 9.41. The molecule has 5 nitrogen and oxygen atoms in total. The van der Waals surface area contributed by atoms with E-state index in [4.69, 9.17) is 25.8 Å². The van der Waals surface area contributed by atoms with Crippen molar-refractivity contribution in [1.82, 2.24) is 0 Å². The topological polar surface area (TPSA) is 68.6 Å². The summed E-state index contributed by atoms with van der Waals surface area (Å²) in [5.74, 6) is 0.841. The summed E-state index contributed by atoms with van der Waals surface area (Å²) in [4.78, 5) is 12.1. The van der Waals surface area contributed by atoms with Gasteiger partial charge in [0.2, 0.25) is 0 Å². The molecule has 0 aliphatic carbocycles. The van der Waals surface area contributed by atoms with Crippen molar-refractivity contribution in [2.24, 2.45) is 0 Å². The van der Waals surface area contributed by atoms with Crippen LogP contribution in [-0.2, 0) is 4.79 Å². The number of para-hydroxylation sites is 2. The van der Waals surface area contributed by atoms with E-state index >= 15 is 0 Å². The Morgan fingerprint density at radius 2 is 1.67 bits per heavy atom. The van der Waals surface area contributed by atoms with Crippen LogP contribution in [0.5, 0.6) is 17.2 Å². The van der Waals surface area contributed by atoms with Gasteiger partial charge in [0, 0.05) is 5.02 Å². The van der Waals surface area contributed by atoms with Crippen molar-refractivity contribution in [3.63, 3.8) is 0 Å². The van der Waals surface area contributed by atoms with Gasteiger partial charge < -0.3 is 14.2 Å². The summed E-state index contributed by atoms with van der Waals surface area (Å²) in [7, 11) is 1.53. The third-order valence-electron chi connectivity index (χ3n) is 4.11. The Kier molecular flexibility index (Phi) is 7.09. The highest BCUT2D eigenvalue weighted by atomic mass is 35.5. The van der Waals surface area contributed by atoms with E-state index in [0.717, 1.165) is 11.1 Å². The molecule has 0 bridgehead atoms. The molecule has 0 aliphatic heterocycles. The number of esters is 1. The maximum absolute atomic E-state index is 12.1. The molecule has 3 rings (SSSR count). The molecule has 30 heavy (non-hydrogen) atoms. The summed E-state index contributed by atoms with van der Waals surface area (Å²) in [5.41, 5.74) is 2.07. The lowest BCUT2D eigenvalue weighted by Gasteiger charge is -2.10. The molecule has 0 N–H and O–H groups in total. The van der Waals surface area contributed by atoms with Gasteiger partial charge in [0.1, 0.15) is 5.75 Å². The zero-order chi connectivity index (χ0) is 21.3. The van der Waals surface area contributed by atoms with Gasteiger partial charge in [-0.2, -0.15) is 5.26 Å². The number of carbonyl (C=O) groups excluding carboxylic acids is 1. The van der Waals surface area contributed by atoms with Gasteiger partial charge in [0.15, 0.2) is 18.1 Å². The van der Waals surface area contributed by atoms with Gasteiger partial charge in [-0.15, -0.1) is 0 Å². The van der Waals surface area contributed by atoms with E-state index in [2.05, 4.69) is 6.07 Å². The molecule has 0 saturated carbocycles. The first kappa shape index (κ1) is 21.0. The fourth-order valence-electron chi connectivity index (χ4n) is 2.64. The number of nitriles is 1. The van der Waals surface area contributed by atoms with E-state index in [1.54, 1.807) is 72.8 Å². The van der Waals surface area contributed by atoms with E-state index in [1.807, 2.05) is 6.07 Å². The van der Waals surface area contributed by atoms with Crippen LogP contribution >= 0.6 is 11.6 Å². The zero-order valence-electron chi connectivity index (χ0n) is 16.2. The molecule has 0 heterocycles. The number of rotatable bonds is 7. The summed E-state index contributed by atoms with van der Waals surface area (Å²) >= 11 is 5.89. The van der Waals surface area contributed by atoms with E-state index in [1.165, 1.54) is 7.11 Å². The maximum atomic E-state index is 12.1. The molecule has 6 heteroatoms. The monoisotopic (exact) mass is 419 g/mol. The van der Waals surface area contributed by atoms with E-state index in [9.17, 15) is 10.1 Å². The molecule has 0 atom stereocenters. The minimum atomic E-state index is -0.539. The quantitative estimate of drug-likeness (QED) is 0.222. The molecule has 0 radical (unpaired) electrons. The molecule has 3 aromatic rings. The lowest BCUT2D eigenvalue weighted by Crippen LogP contribution is -2.17. The fourth-order valence-corrected chi connectivity index (χ4v) is 2.77. The minimum Gasteiger partial charge on any atom is -0.493 e. The fraction of sp³-hybridized carbons (Fsp3) is 0.0833. The average molecular weight is 420 g/mol. The van der Waals surface area contributed by atoms with Gasteiger partial charge >= 0.3 is 5.97 Å². The van der Waals surface area contributed by atoms with E-state index < -0.39 is 5.97 Å². The summed E-state index contributed by atoms with van der Waals surface area (Å²) in [5, 5.41) is 10.0. The SMILES string of the molecule is COc1ccccc1OCC(=O)Oc1ccc(/C=C(/C#N)c2ccc(Cl)cc2)cc1. The Morgan fingerprint density at radius 1 is 1.00 bits per heavy atom. The average Bonchev–Trinajstić information content (AvgIpc) is 2.78. The van der Waals surface area contributed by atoms with Crippen LogP contribution in [0.1, 0.15) is 11.1 Å². The molecular formula is C24H18ClNO4. The molecular weight excluding hydrogens is 402 g/mol. The largest absolute Gasteiger partial charge is 0.493 e. The highest BCUT2D eigenvalue weighted by molar-refractivity contribution is 6.30.